The molecule has 4 heterocycles. The minimum Gasteiger partial charge on any atom is -0.483 e. The van der Waals surface area contributed by atoms with Crippen LogP contribution in [0.2, 0.25) is 5.02 Å². The number of hydrogen-bond donors (Lipinski definition) is 5. The molecule has 6 rings (SSSR count). The number of thiophene rings is 1. The van der Waals surface area contributed by atoms with Crippen LogP contribution in [0.3, 0.4) is 0 Å². The van der Waals surface area contributed by atoms with Crippen LogP contribution in [0.15, 0.2) is 47.5 Å². The molecule has 1 saturated heterocycles. The quantitative estimate of drug-likeness (QED) is 0.0784. The van der Waals surface area contributed by atoms with Gasteiger partial charge in [-0.3, -0.25) is 59.7 Å². The van der Waals surface area contributed by atoms with Gasteiger partial charge in [0.05, 0.1) is 23.3 Å². The third-order valence-electron chi connectivity index (χ3n) is 9.52. The van der Waals surface area contributed by atoms with E-state index in [1.807, 2.05) is 26.0 Å². The molecule has 2 aromatic carbocycles. The average molecular weight is 787 g/mol. The molecule has 55 heavy (non-hydrogen) atoms. The van der Waals surface area contributed by atoms with Crippen LogP contribution in [-0.2, 0) is 19.2 Å². The topological polar surface area (TPSA) is 214 Å². The Morgan fingerprint density at radius 1 is 1.00 bits per heavy atom. The number of anilines is 1. The molecule has 3 aromatic rings. The van der Waals surface area contributed by atoms with Crippen molar-refractivity contribution in [3.8, 4) is 5.75 Å². The number of benzene rings is 2. The average Bonchev–Trinajstić information content (AvgIpc) is 3.52. The lowest BCUT2D eigenvalue weighted by atomic mass is 9.99. The zero-order valence-electron chi connectivity index (χ0n) is 30.3. The number of unbranched alkanes of at least 4 members (excludes halogenated alkanes) is 1. The Morgan fingerprint density at radius 2 is 1.69 bits per heavy atom. The lowest BCUT2D eigenvalue weighted by Crippen LogP contribution is -2.54. The van der Waals surface area contributed by atoms with Gasteiger partial charge in [-0.05, 0) is 69.9 Å². The number of carbonyl (C=O) groups is 6. The van der Waals surface area contributed by atoms with Gasteiger partial charge in [0.2, 0.25) is 17.7 Å². The maximum Gasteiger partial charge on any atom is 0.266 e. The fourth-order valence-electron chi connectivity index (χ4n) is 6.64. The monoisotopic (exact) mass is 786 g/mol. The summed E-state index contributed by atoms with van der Waals surface area (Å²) in [6.07, 6.45) is 0.968. The first-order valence-corrected chi connectivity index (χ1v) is 18.8. The first-order valence-electron chi connectivity index (χ1n) is 17.6. The molecule has 286 valence electrons. The first-order chi connectivity index (χ1) is 26.3. The normalized spacial score (nSPS) is 18.0. The van der Waals surface area contributed by atoms with Crippen LogP contribution in [0.5, 0.6) is 5.75 Å². The fraction of sp³-hybridized carbons (Fsp3) is 0.342. The third kappa shape index (κ3) is 8.05. The molecular weight excluding hydrogens is 748 g/mol. The number of fused-ring (bicyclic) bond motifs is 2. The van der Waals surface area contributed by atoms with Crippen molar-refractivity contribution in [3.63, 3.8) is 0 Å². The van der Waals surface area contributed by atoms with Crippen LogP contribution >= 0.6 is 22.9 Å². The number of imide groups is 2. The molecule has 3 aliphatic heterocycles. The molecule has 3 aliphatic rings. The molecule has 6 amide bonds. The highest BCUT2D eigenvalue weighted by Crippen LogP contribution is 2.40. The van der Waals surface area contributed by atoms with Gasteiger partial charge in [0.15, 0.2) is 6.61 Å². The van der Waals surface area contributed by atoms with Crippen molar-refractivity contribution in [1.29, 1.82) is 10.8 Å². The number of nitrogens with zero attached hydrogens (tertiary/aromatic N) is 3. The smallest absolute Gasteiger partial charge is 0.266 e. The van der Waals surface area contributed by atoms with Crippen LogP contribution in [0.1, 0.15) is 81.3 Å². The molecule has 2 atom stereocenters. The van der Waals surface area contributed by atoms with E-state index in [2.05, 4.69) is 16.0 Å². The van der Waals surface area contributed by atoms with E-state index in [1.54, 1.807) is 24.0 Å². The highest BCUT2D eigenvalue weighted by molar-refractivity contribution is 7.17. The van der Waals surface area contributed by atoms with Crippen LogP contribution in [0.25, 0.3) is 0 Å². The number of carbonyl (C=O) groups excluding carboxylic acids is 6. The van der Waals surface area contributed by atoms with E-state index < -0.39 is 48.2 Å². The highest BCUT2D eigenvalue weighted by atomic mass is 35.5. The van der Waals surface area contributed by atoms with Crippen molar-refractivity contribution in [2.75, 3.05) is 24.6 Å². The number of ether oxygens (including phenoxy) is 1. The predicted molar refractivity (Wildman–Crippen MR) is 207 cm³/mol. The molecule has 1 aromatic heterocycles. The second kappa shape index (κ2) is 16.3. The summed E-state index contributed by atoms with van der Waals surface area (Å²) in [6, 6.07) is 9.66. The second-order valence-electron chi connectivity index (χ2n) is 13.3. The minimum atomic E-state index is -1.12. The van der Waals surface area contributed by atoms with Crippen LogP contribution in [-0.4, -0.2) is 89.5 Å². The number of aryl methyl sites for hydroxylation is 1. The fourth-order valence-corrected chi connectivity index (χ4v) is 7.99. The van der Waals surface area contributed by atoms with Crippen LogP contribution in [0.4, 0.5) is 5.00 Å². The zero-order chi connectivity index (χ0) is 39.6. The molecular formula is C38H39ClN8O7S. The molecule has 0 radical (unpaired) electrons. The molecule has 0 saturated carbocycles. The van der Waals surface area contributed by atoms with Gasteiger partial charge in [-0.2, -0.15) is 0 Å². The van der Waals surface area contributed by atoms with E-state index in [0.717, 1.165) is 26.5 Å². The molecule has 1 fully saturated rings. The van der Waals surface area contributed by atoms with Crippen molar-refractivity contribution in [2.24, 2.45) is 4.99 Å². The number of aliphatic imine (C=N–C) groups is 1. The molecule has 0 aliphatic carbocycles. The SMILES string of the molecule is CC(=N)N1C(=N)[C@@H](CC(=O)NCCCCNC(=O)COc2cccc3c2C(=O)N(C2CCC(=O)NC2=O)C3=O)N=C(c2ccc(Cl)cc2)c2c1sc(C)c2C. The van der Waals surface area contributed by atoms with Gasteiger partial charge < -0.3 is 15.4 Å². The molecule has 0 bridgehead atoms. The Balaban J connectivity index is 0.993. The Labute approximate surface area is 325 Å². The number of amides is 6. The van der Waals surface area contributed by atoms with Gasteiger partial charge in [0.25, 0.3) is 17.7 Å². The van der Waals surface area contributed by atoms with Crippen molar-refractivity contribution in [2.45, 2.75) is 65.0 Å². The van der Waals surface area contributed by atoms with Gasteiger partial charge >= 0.3 is 0 Å². The van der Waals surface area contributed by atoms with Gasteiger partial charge in [-0.1, -0.05) is 29.8 Å². The van der Waals surface area contributed by atoms with Gasteiger partial charge in [-0.25, -0.2) is 0 Å². The lowest BCUT2D eigenvalue weighted by molar-refractivity contribution is -0.136. The summed E-state index contributed by atoms with van der Waals surface area (Å²) in [4.78, 5) is 84.3. The maximum atomic E-state index is 13.2. The summed E-state index contributed by atoms with van der Waals surface area (Å²) < 4.78 is 5.63. The zero-order valence-corrected chi connectivity index (χ0v) is 31.9. The standard InChI is InChI=1S/C38H39ClN8O7S/c1-19-20(2)55-38-31(19)33(22-9-11-23(39)12-10-22)44-25(34(41)46(38)21(3)40)17-29(49)42-15-4-5-16-43-30(50)18-54-27-8-6-7-24-32(27)37(53)47(36(24)52)26-13-14-28(48)45-35(26)51/h6-12,25-26,40-41H,4-5,13-18H2,1-3H3,(H,42,49)(H,43,50)(H,45,48,51)/t25-,26?/m1/s1. The Kier molecular flexibility index (Phi) is 11.6. The first kappa shape index (κ1) is 39.0. The number of rotatable bonds is 12. The Hall–Kier alpha value is -5.74. The molecule has 17 heteroatoms. The molecule has 15 nitrogen and oxygen atoms in total. The number of piperidine rings is 1. The van der Waals surface area contributed by atoms with Gasteiger partial charge in [0.1, 0.15) is 34.5 Å². The summed E-state index contributed by atoms with van der Waals surface area (Å²) in [5, 5.41) is 26.6. The Morgan fingerprint density at radius 3 is 2.36 bits per heavy atom. The number of amidine groups is 2. The van der Waals surface area contributed by atoms with Crippen molar-refractivity contribution < 1.29 is 33.5 Å². The van der Waals surface area contributed by atoms with Crippen molar-refractivity contribution in [3.05, 3.63) is 80.2 Å². The summed E-state index contributed by atoms with van der Waals surface area (Å²) in [5.74, 6) is -3.19. The molecule has 0 spiro atoms. The largest absolute Gasteiger partial charge is 0.483 e. The van der Waals surface area contributed by atoms with Gasteiger partial charge in [0, 0.05) is 40.5 Å². The van der Waals surface area contributed by atoms with E-state index in [4.69, 9.17) is 32.1 Å². The van der Waals surface area contributed by atoms with E-state index in [9.17, 15) is 28.8 Å². The summed E-state index contributed by atoms with van der Waals surface area (Å²) in [5.41, 5.74) is 3.23. The summed E-state index contributed by atoms with van der Waals surface area (Å²) in [6.45, 7) is 5.74. The molecule has 5 N–H and O–H groups in total. The molecule has 1 unspecified atom stereocenters. The number of hydrogen-bond acceptors (Lipinski definition) is 11. The lowest BCUT2D eigenvalue weighted by Gasteiger charge is -2.27. The maximum absolute atomic E-state index is 13.2. The third-order valence-corrected chi connectivity index (χ3v) is 11.0. The van der Waals surface area contributed by atoms with Crippen LogP contribution in [0, 0.1) is 24.7 Å². The summed E-state index contributed by atoms with van der Waals surface area (Å²) in [7, 11) is 0. The van der Waals surface area contributed by atoms with Crippen LogP contribution < -0.4 is 25.6 Å². The number of halogens is 1. The van der Waals surface area contributed by atoms with Crippen molar-refractivity contribution >= 4 is 80.8 Å². The predicted octanol–water partition coefficient (Wildman–Crippen LogP) is 3.90. The summed E-state index contributed by atoms with van der Waals surface area (Å²) >= 11 is 7.65. The Bertz CT molecular complexity index is 2160. The van der Waals surface area contributed by atoms with E-state index in [1.165, 1.54) is 29.5 Å². The highest BCUT2D eigenvalue weighted by Gasteiger charge is 2.46. The minimum absolute atomic E-state index is 0.00526. The second-order valence-corrected chi connectivity index (χ2v) is 14.9. The van der Waals surface area contributed by atoms with Crippen molar-refractivity contribution in [1.82, 2.24) is 20.9 Å². The van der Waals surface area contributed by atoms with E-state index in [-0.39, 0.29) is 60.3 Å². The number of nitrogens with one attached hydrogen (secondary N) is 5. The van der Waals surface area contributed by atoms with E-state index in [0.29, 0.717) is 35.1 Å². The van der Waals surface area contributed by atoms with Gasteiger partial charge in [-0.15, -0.1) is 11.3 Å². The van der Waals surface area contributed by atoms with E-state index >= 15 is 0 Å².